The normalized spacial score (nSPS) is 18.1. The van der Waals surface area contributed by atoms with Gasteiger partial charge in [0.25, 0.3) is 0 Å². The maximum atomic E-state index is 13.4. The second kappa shape index (κ2) is 5.91. The first-order valence-corrected chi connectivity index (χ1v) is 6.92. The van der Waals surface area contributed by atoms with E-state index in [0.29, 0.717) is 5.56 Å². The van der Waals surface area contributed by atoms with Gasteiger partial charge in [0.2, 0.25) is 0 Å². The Morgan fingerprint density at radius 1 is 1.38 bits per heavy atom. The fourth-order valence-corrected chi connectivity index (χ4v) is 2.52. The van der Waals surface area contributed by atoms with Gasteiger partial charge in [0.15, 0.2) is 11.9 Å². The molecule has 1 aromatic heterocycles. The molecule has 2 N–H and O–H groups in total. The van der Waals surface area contributed by atoms with Crippen LogP contribution in [0.1, 0.15) is 35.6 Å². The van der Waals surface area contributed by atoms with E-state index in [2.05, 4.69) is 10.1 Å². The van der Waals surface area contributed by atoms with E-state index in [9.17, 15) is 4.39 Å². The Bertz CT molecular complexity index is 658. The summed E-state index contributed by atoms with van der Waals surface area (Å²) in [5, 5.41) is 3.98. The van der Waals surface area contributed by atoms with Crippen LogP contribution >= 0.6 is 0 Å². The molecule has 1 aromatic carbocycles. The van der Waals surface area contributed by atoms with Crippen molar-refractivity contribution >= 4 is 5.84 Å². The molecule has 0 fully saturated rings. The van der Waals surface area contributed by atoms with Gasteiger partial charge in [-0.3, -0.25) is 4.98 Å². The molecular formula is C16H16FN3O. The summed E-state index contributed by atoms with van der Waals surface area (Å²) in [6.07, 6.45) is 5.78. The van der Waals surface area contributed by atoms with E-state index in [1.165, 1.54) is 12.1 Å². The van der Waals surface area contributed by atoms with Crippen LogP contribution in [0.4, 0.5) is 4.39 Å². The fourth-order valence-electron chi connectivity index (χ4n) is 2.52. The molecule has 1 atom stereocenters. The second-order valence-corrected chi connectivity index (χ2v) is 5.05. The largest absolute Gasteiger partial charge is 0.386 e. The minimum absolute atomic E-state index is 0.250. The van der Waals surface area contributed by atoms with Gasteiger partial charge < -0.3 is 10.6 Å². The minimum atomic E-state index is -0.256. The van der Waals surface area contributed by atoms with Crippen LogP contribution < -0.4 is 5.73 Å². The first kappa shape index (κ1) is 13.5. The number of aromatic nitrogens is 1. The summed E-state index contributed by atoms with van der Waals surface area (Å²) in [6, 6.07) is 8.41. The fraction of sp³-hybridized carbons (Fsp3) is 0.250. The molecule has 5 heteroatoms. The number of oxime groups is 1. The summed E-state index contributed by atoms with van der Waals surface area (Å²) in [5.41, 5.74) is 8.55. The van der Waals surface area contributed by atoms with E-state index in [4.69, 9.17) is 10.6 Å². The van der Waals surface area contributed by atoms with Crippen molar-refractivity contribution in [3.05, 3.63) is 65.2 Å². The SMILES string of the molecule is NC(=NOC1CCCc2ccc(F)cc21)c1cccnc1. The lowest BCUT2D eigenvalue weighted by Gasteiger charge is -2.23. The van der Waals surface area contributed by atoms with Gasteiger partial charge in [-0.1, -0.05) is 11.2 Å². The highest BCUT2D eigenvalue weighted by molar-refractivity contribution is 5.96. The number of nitrogens with two attached hydrogens (primary N) is 1. The maximum Gasteiger partial charge on any atom is 0.171 e. The highest BCUT2D eigenvalue weighted by atomic mass is 19.1. The molecular weight excluding hydrogens is 269 g/mol. The molecule has 0 aliphatic heterocycles. The molecule has 0 radical (unpaired) electrons. The zero-order valence-electron chi connectivity index (χ0n) is 11.5. The van der Waals surface area contributed by atoms with E-state index in [0.717, 1.165) is 30.4 Å². The van der Waals surface area contributed by atoms with Gasteiger partial charge in [-0.2, -0.15) is 0 Å². The van der Waals surface area contributed by atoms with Gasteiger partial charge in [0.05, 0.1) is 0 Å². The number of benzene rings is 1. The lowest BCUT2D eigenvalue weighted by molar-refractivity contribution is 0.0456. The molecule has 1 aliphatic carbocycles. The molecule has 2 aromatic rings. The highest BCUT2D eigenvalue weighted by Gasteiger charge is 2.22. The lowest BCUT2D eigenvalue weighted by atomic mass is 9.89. The van der Waals surface area contributed by atoms with Crippen molar-refractivity contribution in [3.8, 4) is 0 Å². The Morgan fingerprint density at radius 2 is 2.29 bits per heavy atom. The number of rotatable bonds is 3. The number of aryl methyl sites for hydroxylation is 1. The molecule has 3 rings (SSSR count). The van der Waals surface area contributed by atoms with Gasteiger partial charge in [0.1, 0.15) is 5.82 Å². The predicted molar refractivity (Wildman–Crippen MR) is 78.1 cm³/mol. The number of hydrogen-bond donors (Lipinski definition) is 1. The van der Waals surface area contributed by atoms with Crippen molar-refractivity contribution in [1.82, 2.24) is 4.98 Å². The molecule has 1 aliphatic rings. The Balaban J connectivity index is 1.79. The smallest absolute Gasteiger partial charge is 0.171 e. The Kier molecular flexibility index (Phi) is 3.81. The van der Waals surface area contributed by atoms with Crippen molar-refractivity contribution < 1.29 is 9.23 Å². The number of fused-ring (bicyclic) bond motifs is 1. The summed E-state index contributed by atoms with van der Waals surface area (Å²) < 4.78 is 13.4. The van der Waals surface area contributed by atoms with Crippen LogP contribution in [-0.2, 0) is 11.3 Å². The zero-order chi connectivity index (χ0) is 14.7. The molecule has 0 spiro atoms. The quantitative estimate of drug-likeness (QED) is 0.536. The maximum absolute atomic E-state index is 13.4. The van der Waals surface area contributed by atoms with Crippen molar-refractivity contribution in [2.45, 2.75) is 25.4 Å². The molecule has 1 unspecified atom stereocenters. The first-order valence-electron chi connectivity index (χ1n) is 6.92. The van der Waals surface area contributed by atoms with E-state index in [1.807, 2.05) is 12.1 Å². The number of pyridine rings is 1. The lowest BCUT2D eigenvalue weighted by Crippen LogP contribution is -2.17. The van der Waals surface area contributed by atoms with Crippen molar-refractivity contribution in [3.63, 3.8) is 0 Å². The Hall–Kier alpha value is -2.43. The topological polar surface area (TPSA) is 60.5 Å². The van der Waals surface area contributed by atoms with Crippen molar-refractivity contribution in [2.24, 2.45) is 10.9 Å². The summed E-state index contributed by atoms with van der Waals surface area (Å²) in [5.74, 6) is 0.0140. The molecule has 0 saturated heterocycles. The molecule has 0 saturated carbocycles. The van der Waals surface area contributed by atoms with Gasteiger partial charge in [0, 0.05) is 23.5 Å². The van der Waals surface area contributed by atoms with Gasteiger partial charge >= 0.3 is 0 Å². The molecule has 108 valence electrons. The van der Waals surface area contributed by atoms with Crippen LogP contribution in [0.3, 0.4) is 0 Å². The summed E-state index contributed by atoms with van der Waals surface area (Å²) in [6.45, 7) is 0. The van der Waals surface area contributed by atoms with Crippen molar-refractivity contribution in [1.29, 1.82) is 0 Å². The van der Waals surface area contributed by atoms with E-state index in [1.54, 1.807) is 18.5 Å². The zero-order valence-corrected chi connectivity index (χ0v) is 11.5. The van der Waals surface area contributed by atoms with E-state index < -0.39 is 0 Å². The summed E-state index contributed by atoms with van der Waals surface area (Å²) in [7, 11) is 0. The third-order valence-electron chi connectivity index (χ3n) is 3.60. The average Bonchev–Trinajstić information content (AvgIpc) is 2.53. The Labute approximate surface area is 122 Å². The predicted octanol–water partition coefficient (Wildman–Crippen LogP) is 2.94. The van der Waals surface area contributed by atoms with Gasteiger partial charge in [-0.25, -0.2) is 4.39 Å². The van der Waals surface area contributed by atoms with Crippen LogP contribution in [0.5, 0.6) is 0 Å². The van der Waals surface area contributed by atoms with Crippen LogP contribution in [-0.4, -0.2) is 10.8 Å². The van der Waals surface area contributed by atoms with Gasteiger partial charge in [-0.05, 0) is 49.1 Å². The van der Waals surface area contributed by atoms with E-state index in [-0.39, 0.29) is 17.8 Å². The standard InChI is InChI=1S/C16H16FN3O/c17-13-7-6-11-3-1-5-15(14(11)9-13)21-20-16(18)12-4-2-8-19-10-12/h2,4,6-10,15H,1,3,5H2,(H2,18,20). The molecule has 0 amide bonds. The molecule has 21 heavy (non-hydrogen) atoms. The van der Waals surface area contributed by atoms with Crippen LogP contribution in [0.15, 0.2) is 47.9 Å². The third-order valence-corrected chi connectivity index (χ3v) is 3.60. The third kappa shape index (κ3) is 3.02. The summed E-state index contributed by atoms with van der Waals surface area (Å²) in [4.78, 5) is 9.53. The monoisotopic (exact) mass is 285 g/mol. The highest BCUT2D eigenvalue weighted by Crippen LogP contribution is 2.33. The van der Waals surface area contributed by atoms with Crippen LogP contribution in [0.25, 0.3) is 0 Å². The summed E-state index contributed by atoms with van der Waals surface area (Å²) >= 11 is 0. The number of amidine groups is 1. The average molecular weight is 285 g/mol. The van der Waals surface area contributed by atoms with Gasteiger partial charge in [-0.15, -0.1) is 0 Å². The number of hydrogen-bond acceptors (Lipinski definition) is 3. The van der Waals surface area contributed by atoms with E-state index >= 15 is 0 Å². The number of nitrogens with zero attached hydrogens (tertiary/aromatic N) is 2. The van der Waals surface area contributed by atoms with Crippen molar-refractivity contribution in [2.75, 3.05) is 0 Å². The minimum Gasteiger partial charge on any atom is -0.386 e. The number of halogens is 1. The molecule has 4 nitrogen and oxygen atoms in total. The molecule has 1 heterocycles. The Morgan fingerprint density at radius 3 is 3.10 bits per heavy atom. The first-order chi connectivity index (χ1) is 10.2. The molecule has 0 bridgehead atoms. The second-order valence-electron chi connectivity index (χ2n) is 5.05. The van der Waals surface area contributed by atoms with Crippen LogP contribution in [0, 0.1) is 5.82 Å². The van der Waals surface area contributed by atoms with Crippen LogP contribution in [0.2, 0.25) is 0 Å².